The molecule has 5 nitrogen and oxygen atoms in total. The van der Waals surface area contributed by atoms with E-state index in [-0.39, 0.29) is 12.5 Å². The van der Waals surface area contributed by atoms with E-state index in [4.69, 9.17) is 9.57 Å². The predicted molar refractivity (Wildman–Crippen MR) is 59.4 cm³/mol. The van der Waals surface area contributed by atoms with E-state index >= 15 is 0 Å². The van der Waals surface area contributed by atoms with Crippen molar-refractivity contribution in [1.29, 1.82) is 0 Å². The molecule has 0 heterocycles. The van der Waals surface area contributed by atoms with Crippen LogP contribution in [0.25, 0.3) is 0 Å². The number of hydroxylamine groups is 2. The van der Waals surface area contributed by atoms with Crippen molar-refractivity contribution in [2.45, 2.75) is 33.8 Å². The molecule has 1 unspecified atom stereocenters. The van der Waals surface area contributed by atoms with Crippen molar-refractivity contribution in [3.05, 3.63) is 12.2 Å². The number of hydrogen-bond donors (Lipinski definition) is 0. The second kappa shape index (κ2) is 7.00. The van der Waals surface area contributed by atoms with Crippen molar-refractivity contribution in [3.63, 3.8) is 0 Å². The smallest absolute Gasteiger partial charge is 0.333 e. The summed E-state index contributed by atoms with van der Waals surface area (Å²) >= 11 is 0. The summed E-state index contributed by atoms with van der Waals surface area (Å²) in [5.41, 5.74) is 0.339. The highest BCUT2D eigenvalue weighted by Gasteiger charge is 2.13. The number of hydrogen-bond acceptors (Lipinski definition) is 4. The van der Waals surface area contributed by atoms with Crippen LogP contribution in [0, 0.1) is 0 Å². The van der Waals surface area contributed by atoms with Crippen LogP contribution in [0.5, 0.6) is 0 Å². The normalized spacial score (nSPS) is 11.8. The molecule has 0 aromatic heterocycles. The van der Waals surface area contributed by atoms with Gasteiger partial charge in [-0.15, -0.1) is 0 Å². The zero-order chi connectivity index (χ0) is 12.7. The van der Waals surface area contributed by atoms with Gasteiger partial charge in [-0.2, -0.15) is 0 Å². The minimum absolute atomic E-state index is 0.145. The Labute approximate surface area is 96.0 Å². The summed E-state index contributed by atoms with van der Waals surface area (Å²) in [6, 6.07) is 0. The van der Waals surface area contributed by atoms with Crippen molar-refractivity contribution in [2.75, 3.05) is 13.2 Å². The SMILES string of the molecule is C=C(C)C(=O)OC(C)CON(CC)C(C)=O. The minimum atomic E-state index is -0.457. The first-order chi connectivity index (χ1) is 7.38. The van der Waals surface area contributed by atoms with Gasteiger partial charge >= 0.3 is 5.97 Å². The number of nitrogens with zero attached hydrogens (tertiary/aromatic N) is 1. The van der Waals surface area contributed by atoms with Gasteiger partial charge in [-0.25, -0.2) is 9.86 Å². The van der Waals surface area contributed by atoms with E-state index in [9.17, 15) is 9.59 Å². The molecule has 5 heteroatoms. The summed E-state index contributed by atoms with van der Waals surface area (Å²) in [6.45, 7) is 10.5. The highest BCUT2D eigenvalue weighted by atomic mass is 16.7. The topological polar surface area (TPSA) is 55.8 Å². The standard InChI is InChI=1S/C11H19NO4/c1-6-12(10(5)13)15-7-9(4)16-11(14)8(2)3/h9H,2,6-7H2,1,3-5H3. The molecule has 0 saturated heterocycles. The molecule has 0 radical (unpaired) electrons. The molecule has 92 valence electrons. The lowest BCUT2D eigenvalue weighted by Gasteiger charge is -2.20. The number of esters is 1. The van der Waals surface area contributed by atoms with E-state index < -0.39 is 12.1 Å². The average Bonchev–Trinajstić information content (AvgIpc) is 2.17. The summed E-state index contributed by atoms with van der Waals surface area (Å²) in [5.74, 6) is -0.636. The zero-order valence-electron chi connectivity index (χ0n) is 10.3. The fourth-order valence-electron chi connectivity index (χ4n) is 0.917. The van der Waals surface area contributed by atoms with E-state index in [1.807, 2.05) is 0 Å². The second-order valence-electron chi connectivity index (χ2n) is 3.51. The molecule has 0 spiro atoms. The molecule has 0 saturated carbocycles. The molecule has 0 aromatic carbocycles. The fourth-order valence-corrected chi connectivity index (χ4v) is 0.917. The third kappa shape index (κ3) is 5.50. The molecule has 1 atom stereocenters. The number of carbonyl (C=O) groups excluding carboxylic acids is 2. The van der Waals surface area contributed by atoms with Crippen LogP contribution in [0.15, 0.2) is 12.2 Å². The quantitative estimate of drug-likeness (QED) is 0.391. The van der Waals surface area contributed by atoms with Gasteiger partial charge in [0.05, 0.1) is 0 Å². The lowest BCUT2D eigenvalue weighted by molar-refractivity contribution is -0.194. The Morgan fingerprint density at radius 3 is 2.31 bits per heavy atom. The van der Waals surface area contributed by atoms with Crippen LogP contribution >= 0.6 is 0 Å². The van der Waals surface area contributed by atoms with E-state index in [1.165, 1.54) is 12.0 Å². The van der Waals surface area contributed by atoms with E-state index in [2.05, 4.69) is 6.58 Å². The molecule has 0 bridgehead atoms. The van der Waals surface area contributed by atoms with Crippen LogP contribution in [-0.4, -0.2) is 36.2 Å². The van der Waals surface area contributed by atoms with Crippen molar-refractivity contribution in [2.24, 2.45) is 0 Å². The van der Waals surface area contributed by atoms with Gasteiger partial charge < -0.3 is 4.74 Å². The summed E-state index contributed by atoms with van der Waals surface area (Å²) in [4.78, 5) is 27.3. The Hall–Kier alpha value is -1.36. The minimum Gasteiger partial charge on any atom is -0.457 e. The van der Waals surface area contributed by atoms with Gasteiger partial charge in [0.1, 0.15) is 12.7 Å². The Morgan fingerprint density at radius 2 is 1.94 bits per heavy atom. The van der Waals surface area contributed by atoms with Crippen molar-refractivity contribution in [3.8, 4) is 0 Å². The Bertz CT molecular complexity index is 275. The van der Waals surface area contributed by atoms with Crippen LogP contribution in [0.3, 0.4) is 0 Å². The molecule has 0 rings (SSSR count). The first kappa shape index (κ1) is 14.6. The molecule has 0 aliphatic heterocycles. The van der Waals surface area contributed by atoms with Gasteiger partial charge in [-0.3, -0.25) is 9.63 Å². The van der Waals surface area contributed by atoms with Gasteiger partial charge in [0, 0.05) is 19.0 Å². The fraction of sp³-hybridized carbons (Fsp3) is 0.636. The molecule has 0 aliphatic carbocycles. The van der Waals surface area contributed by atoms with Crippen LogP contribution in [-0.2, 0) is 19.2 Å². The molecular formula is C11H19NO4. The van der Waals surface area contributed by atoms with E-state index in [1.54, 1.807) is 20.8 Å². The van der Waals surface area contributed by atoms with Gasteiger partial charge in [0.15, 0.2) is 0 Å². The number of rotatable bonds is 6. The van der Waals surface area contributed by atoms with Crippen molar-refractivity contribution in [1.82, 2.24) is 5.06 Å². The molecular weight excluding hydrogens is 210 g/mol. The maximum absolute atomic E-state index is 11.1. The van der Waals surface area contributed by atoms with Crippen LogP contribution in [0.2, 0.25) is 0 Å². The summed E-state index contributed by atoms with van der Waals surface area (Å²) in [6.07, 6.45) is -0.419. The molecule has 1 amide bonds. The molecule has 0 aromatic rings. The summed E-state index contributed by atoms with van der Waals surface area (Å²) < 4.78 is 4.98. The largest absolute Gasteiger partial charge is 0.457 e. The molecule has 0 N–H and O–H groups in total. The van der Waals surface area contributed by atoms with E-state index in [0.717, 1.165) is 0 Å². The first-order valence-electron chi connectivity index (χ1n) is 5.16. The number of amides is 1. The lowest BCUT2D eigenvalue weighted by Crippen LogP contribution is -2.32. The van der Waals surface area contributed by atoms with Gasteiger partial charge in [-0.05, 0) is 20.8 Å². The highest BCUT2D eigenvalue weighted by molar-refractivity contribution is 5.87. The third-order valence-corrected chi connectivity index (χ3v) is 1.76. The summed E-state index contributed by atoms with van der Waals surface area (Å²) in [5, 5.41) is 1.21. The Morgan fingerprint density at radius 1 is 1.38 bits per heavy atom. The van der Waals surface area contributed by atoms with Gasteiger partial charge in [-0.1, -0.05) is 6.58 Å². The lowest BCUT2D eigenvalue weighted by atomic mass is 10.3. The van der Waals surface area contributed by atoms with Crippen LogP contribution < -0.4 is 0 Å². The van der Waals surface area contributed by atoms with Gasteiger partial charge in [0.2, 0.25) is 5.91 Å². The van der Waals surface area contributed by atoms with E-state index in [0.29, 0.717) is 12.1 Å². The number of ether oxygens (including phenoxy) is 1. The van der Waals surface area contributed by atoms with Crippen LogP contribution in [0.4, 0.5) is 0 Å². The Kier molecular flexibility index (Phi) is 6.41. The maximum atomic E-state index is 11.1. The Balaban J connectivity index is 3.97. The monoisotopic (exact) mass is 229 g/mol. The average molecular weight is 229 g/mol. The molecule has 0 aliphatic rings. The third-order valence-electron chi connectivity index (χ3n) is 1.76. The summed E-state index contributed by atoms with van der Waals surface area (Å²) in [7, 11) is 0. The van der Waals surface area contributed by atoms with Crippen molar-refractivity contribution >= 4 is 11.9 Å². The van der Waals surface area contributed by atoms with Crippen molar-refractivity contribution < 1.29 is 19.2 Å². The first-order valence-corrected chi connectivity index (χ1v) is 5.16. The zero-order valence-corrected chi connectivity index (χ0v) is 10.3. The highest BCUT2D eigenvalue weighted by Crippen LogP contribution is 2.00. The molecule has 0 fully saturated rings. The van der Waals surface area contributed by atoms with Gasteiger partial charge in [0.25, 0.3) is 0 Å². The second-order valence-corrected chi connectivity index (χ2v) is 3.51. The number of carbonyl (C=O) groups is 2. The maximum Gasteiger partial charge on any atom is 0.333 e. The molecule has 16 heavy (non-hydrogen) atoms. The van der Waals surface area contributed by atoms with Crippen LogP contribution in [0.1, 0.15) is 27.7 Å². The predicted octanol–water partition coefficient (Wildman–Crippen LogP) is 1.29.